The zero-order valence-corrected chi connectivity index (χ0v) is 45.5. The summed E-state index contributed by atoms with van der Waals surface area (Å²) in [5.74, 6) is -1.68. The van der Waals surface area contributed by atoms with E-state index in [1.54, 1.807) is 118 Å². The number of phenolic OH excluding ortho intramolecular Hbond substituents is 1. The number of para-hydroxylation sites is 4. The second-order valence-corrected chi connectivity index (χ2v) is 19.4. The molecular formula is C52H42CaCl2N6O12S2. The van der Waals surface area contributed by atoms with Gasteiger partial charge < -0.3 is 30.1 Å². The van der Waals surface area contributed by atoms with Gasteiger partial charge >= 0.3 is 37.7 Å². The van der Waals surface area contributed by atoms with E-state index in [-0.39, 0.29) is 87.3 Å². The van der Waals surface area contributed by atoms with Crippen molar-refractivity contribution in [3.8, 4) is 23.0 Å². The summed E-state index contributed by atoms with van der Waals surface area (Å²) in [5, 5.41) is 57.9. The molecule has 75 heavy (non-hydrogen) atoms. The van der Waals surface area contributed by atoms with Gasteiger partial charge in [-0.25, -0.2) is 0 Å². The Kier molecular flexibility index (Phi) is 19.0. The zero-order valence-electron chi connectivity index (χ0n) is 40.1. The number of carbonyl (C=O) groups is 1. The van der Waals surface area contributed by atoms with Crippen molar-refractivity contribution in [3.05, 3.63) is 166 Å². The molecule has 23 heteroatoms. The molecule has 0 spiro atoms. The molecule has 8 rings (SSSR count). The monoisotopic (exact) mass is 1120 g/mol. The SMILES string of the molecule is CCOc1ccccc1N=C([O-])c1cc2ccccc2c(N=Nc2cc(C)cc(S(=O)(=O)O)c2Cl)c1[O-].CCOc1ccccc1NC(=O)c1cc2ccccc2c(N=Nc2cc(C)cc(S(=O)(=O)O)c2Cl)c1O.[Ca+2]. The van der Waals surface area contributed by atoms with Gasteiger partial charge in [0.15, 0.2) is 5.75 Å². The number of hydrogen-bond donors (Lipinski definition) is 4. The molecule has 0 aliphatic carbocycles. The number of hydrogen-bond acceptors (Lipinski definition) is 15. The molecule has 0 aromatic heterocycles. The van der Waals surface area contributed by atoms with Crippen LogP contribution in [-0.4, -0.2) is 93.8 Å². The van der Waals surface area contributed by atoms with Crippen molar-refractivity contribution in [1.82, 2.24) is 0 Å². The van der Waals surface area contributed by atoms with Crippen LogP contribution < -0.4 is 25.0 Å². The van der Waals surface area contributed by atoms with Gasteiger partial charge in [0, 0.05) is 10.8 Å². The summed E-state index contributed by atoms with van der Waals surface area (Å²) in [4.78, 5) is 16.2. The summed E-state index contributed by atoms with van der Waals surface area (Å²) >= 11 is 12.3. The Morgan fingerprint density at radius 2 is 1.07 bits per heavy atom. The maximum absolute atomic E-state index is 13.4. The molecule has 0 aliphatic rings. The van der Waals surface area contributed by atoms with Crippen LogP contribution in [0.1, 0.15) is 40.9 Å². The van der Waals surface area contributed by atoms with E-state index in [1.807, 2.05) is 6.92 Å². The van der Waals surface area contributed by atoms with Gasteiger partial charge in [-0.2, -0.15) is 21.9 Å². The van der Waals surface area contributed by atoms with Crippen molar-refractivity contribution in [2.45, 2.75) is 37.5 Å². The van der Waals surface area contributed by atoms with E-state index in [2.05, 4.69) is 30.8 Å². The maximum Gasteiger partial charge on any atom is 2.00 e. The number of aromatic hydroxyl groups is 1. The molecular weight excluding hydrogens is 1080 g/mol. The van der Waals surface area contributed by atoms with Gasteiger partial charge in [0.25, 0.3) is 26.1 Å². The number of rotatable bonds is 14. The number of ether oxygens (including phenoxy) is 2. The third kappa shape index (κ3) is 13.6. The molecule has 0 aliphatic heterocycles. The molecule has 0 fully saturated rings. The van der Waals surface area contributed by atoms with Crippen LogP contribution in [0.5, 0.6) is 23.0 Å². The van der Waals surface area contributed by atoms with Crippen LogP contribution in [0.2, 0.25) is 10.0 Å². The maximum atomic E-state index is 13.4. The number of azo groups is 2. The van der Waals surface area contributed by atoms with Crippen LogP contribution in [0.3, 0.4) is 0 Å². The average molecular weight is 1120 g/mol. The topological polar surface area (TPSA) is 284 Å². The van der Waals surface area contributed by atoms with Crippen molar-refractivity contribution < 1.29 is 55.5 Å². The number of carbonyl (C=O) groups excluding carboxylic acids is 1. The van der Waals surface area contributed by atoms with Crippen LogP contribution in [0.25, 0.3) is 21.5 Å². The number of aliphatic imine (C=N–C) groups is 1. The summed E-state index contributed by atoms with van der Waals surface area (Å²) in [6.07, 6.45) is 0. The average Bonchev–Trinajstić information content (AvgIpc) is 3.35. The van der Waals surface area contributed by atoms with Gasteiger partial charge in [-0.05, 0) is 122 Å². The number of aryl methyl sites for hydroxylation is 2. The largest absolute Gasteiger partial charge is 2.00 e. The number of phenols is 1. The minimum atomic E-state index is -4.62. The Hall–Kier alpha value is -6.72. The number of amides is 1. The van der Waals surface area contributed by atoms with Crippen molar-refractivity contribution in [1.29, 1.82) is 0 Å². The molecule has 8 aromatic rings. The Balaban J connectivity index is 0.000000241. The molecule has 4 N–H and O–H groups in total. The van der Waals surface area contributed by atoms with Crippen molar-refractivity contribution in [3.63, 3.8) is 0 Å². The zero-order chi connectivity index (χ0) is 53.5. The molecule has 1 amide bonds. The van der Waals surface area contributed by atoms with Gasteiger partial charge in [-0.1, -0.05) is 102 Å². The first-order chi connectivity index (χ1) is 35.2. The summed E-state index contributed by atoms with van der Waals surface area (Å²) in [5.41, 5.74) is 1.01. The minimum absolute atomic E-state index is 0. The molecule has 0 unspecified atom stereocenters. The van der Waals surface area contributed by atoms with Crippen LogP contribution in [0, 0.1) is 13.8 Å². The quantitative estimate of drug-likeness (QED) is 0.0260. The fraction of sp³-hybridized carbons (Fsp3) is 0.115. The summed E-state index contributed by atoms with van der Waals surface area (Å²) in [7, 11) is -9.23. The Morgan fingerprint density at radius 3 is 1.61 bits per heavy atom. The number of nitrogens with one attached hydrogen (secondary N) is 1. The number of nitrogens with zero attached hydrogens (tertiary/aromatic N) is 5. The number of fused-ring (bicyclic) bond motifs is 2. The third-order valence-electron chi connectivity index (χ3n) is 10.7. The summed E-state index contributed by atoms with van der Waals surface area (Å²) < 4.78 is 76.8. The van der Waals surface area contributed by atoms with Crippen molar-refractivity contribution >= 4 is 149 Å². The second-order valence-electron chi connectivity index (χ2n) is 15.9. The van der Waals surface area contributed by atoms with Gasteiger partial charge in [-0.15, -0.1) is 15.3 Å². The second kappa shape index (κ2) is 24.7. The Morgan fingerprint density at radius 1 is 0.613 bits per heavy atom. The Bertz CT molecular complexity index is 3830. The molecule has 0 heterocycles. The first-order valence-electron chi connectivity index (χ1n) is 22.1. The molecule has 380 valence electrons. The smallest absolute Gasteiger partial charge is 0.871 e. The fourth-order valence-electron chi connectivity index (χ4n) is 7.36. The van der Waals surface area contributed by atoms with Gasteiger partial charge in [0.2, 0.25) is 0 Å². The normalized spacial score (nSPS) is 11.9. The number of benzene rings is 8. The molecule has 0 saturated heterocycles. The predicted octanol–water partition coefficient (Wildman–Crippen LogP) is 11.8. The van der Waals surface area contributed by atoms with E-state index in [1.165, 1.54) is 36.4 Å². The first kappa shape index (κ1) is 57.6. The van der Waals surface area contributed by atoms with Crippen LogP contribution in [-0.2, 0) is 20.2 Å². The van der Waals surface area contributed by atoms with E-state index in [9.17, 15) is 46.1 Å². The van der Waals surface area contributed by atoms with Gasteiger partial charge in [0.05, 0.1) is 40.2 Å². The van der Waals surface area contributed by atoms with E-state index in [0.29, 0.717) is 63.1 Å². The van der Waals surface area contributed by atoms with E-state index >= 15 is 0 Å². The molecule has 0 radical (unpaired) electrons. The van der Waals surface area contributed by atoms with E-state index in [4.69, 9.17) is 32.7 Å². The first-order valence-corrected chi connectivity index (χ1v) is 25.7. The standard InChI is InChI=1S/2C26H22ClN3O6S.Ca/c2*1-3-36-21-11-7-6-10-19(21)28-26(32)18-14-16-8-4-5-9-17(16)24(25(18)31)30-29-20-12-15(2)13-22(23(20)27)37(33,34)35;/h2*4-14,31H,3H2,1-2H3,(H,28,32)(H,33,34,35);/q;;+2/p-2. The summed E-state index contributed by atoms with van der Waals surface area (Å²) in [6, 6.07) is 35.6. The van der Waals surface area contributed by atoms with Crippen LogP contribution in [0.15, 0.2) is 169 Å². The predicted molar refractivity (Wildman–Crippen MR) is 284 cm³/mol. The Labute approximate surface area is 470 Å². The molecule has 8 aromatic carbocycles. The molecule has 18 nitrogen and oxygen atoms in total. The molecule has 0 saturated carbocycles. The van der Waals surface area contributed by atoms with E-state index < -0.39 is 53.3 Å². The van der Waals surface area contributed by atoms with Crippen molar-refractivity contribution in [2.24, 2.45) is 25.4 Å². The minimum Gasteiger partial charge on any atom is -0.871 e. The van der Waals surface area contributed by atoms with Crippen LogP contribution >= 0.6 is 23.2 Å². The van der Waals surface area contributed by atoms with Crippen molar-refractivity contribution in [2.75, 3.05) is 18.5 Å². The van der Waals surface area contributed by atoms with Gasteiger partial charge in [0.1, 0.15) is 44.0 Å². The number of halogens is 2. The van der Waals surface area contributed by atoms with E-state index in [0.717, 1.165) is 0 Å². The molecule has 0 atom stereocenters. The third-order valence-corrected chi connectivity index (χ3v) is 13.4. The van der Waals surface area contributed by atoms with Gasteiger partial charge in [-0.3, -0.25) is 18.9 Å². The fourth-order valence-corrected chi connectivity index (χ4v) is 9.57. The number of anilines is 1. The summed E-state index contributed by atoms with van der Waals surface area (Å²) in [6.45, 7) is 7.58. The van der Waals surface area contributed by atoms with Crippen LogP contribution in [0.4, 0.5) is 34.1 Å². The molecule has 0 bridgehead atoms.